The Morgan fingerprint density at radius 2 is 1.65 bits per heavy atom. The Hall–Kier alpha value is -1.20. The molecular weight excluding hydrogens is 337 g/mol. The van der Waals surface area contributed by atoms with Crippen LogP contribution in [-0.4, -0.2) is 15.0 Å². The number of benzene rings is 1. The highest BCUT2D eigenvalue weighted by atomic mass is 35.5. The zero-order chi connectivity index (χ0) is 14.1. The Kier molecular flexibility index (Phi) is 3.89. The molecule has 3 rings (SSSR count). The lowest BCUT2D eigenvalue weighted by molar-refractivity contribution is 1.16. The van der Waals surface area contributed by atoms with E-state index in [-0.39, 0.29) is 10.3 Å². The summed E-state index contributed by atoms with van der Waals surface area (Å²) >= 11 is 20.1. The Balaban J connectivity index is 2.17. The van der Waals surface area contributed by atoms with Gasteiger partial charge in [0.1, 0.15) is 10.3 Å². The number of hydrogen-bond donors (Lipinski definition) is 0. The summed E-state index contributed by atoms with van der Waals surface area (Å²) in [6, 6.07) is 7.27. The van der Waals surface area contributed by atoms with E-state index in [0.717, 1.165) is 0 Å². The molecule has 0 fully saturated rings. The van der Waals surface area contributed by atoms with Crippen LogP contribution in [0.25, 0.3) is 22.0 Å². The van der Waals surface area contributed by atoms with Crippen LogP contribution in [0.2, 0.25) is 15.3 Å². The van der Waals surface area contributed by atoms with E-state index in [1.165, 1.54) is 11.3 Å². The van der Waals surface area contributed by atoms with Crippen LogP contribution in [0.4, 0.5) is 0 Å². The Morgan fingerprint density at radius 3 is 2.25 bits per heavy atom. The standard InChI is InChI=1S/C13H6Cl3N3S/c14-8-4-2-1-3-7(8)9-10(15)18-12(19-11(9)16)13-17-5-6-20-13/h1-6H. The zero-order valence-corrected chi connectivity index (χ0v) is 12.9. The third-order valence-electron chi connectivity index (χ3n) is 2.59. The molecule has 0 saturated heterocycles. The molecule has 0 aliphatic heterocycles. The average molecular weight is 343 g/mol. The molecule has 0 radical (unpaired) electrons. The molecule has 2 aromatic heterocycles. The number of halogens is 3. The summed E-state index contributed by atoms with van der Waals surface area (Å²) in [6.45, 7) is 0. The van der Waals surface area contributed by atoms with E-state index >= 15 is 0 Å². The molecule has 0 saturated carbocycles. The highest BCUT2D eigenvalue weighted by molar-refractivity contribution is 7.13. The van der Waals surface area contributed by atoms with Crippen molar-refractivity contribution in [3.63, 3.8) is 0 Å². The van der Waals surface area contributed by atoms with Crippen molar-refractivity contribution in [1.82, 2.24) is 15.0 Å². The summed E-state index contributed by atoms with van der Waals surface area (Å²) in [5.41, 5.74) is 1.23. The third kappa shape index (κ3) is 2.52. The number of thiazole rings is 1. The van der Waals surface area contributed by atoms with Gasteiger partial charge in [0.05, 0.1) is 5.56 Å². The average Bonchev–Trinajstić information content (AvgIpc) is 2.94. The van der Waals surface area contributed by atoms with Gasteiger partial charge in [-0.1, -0.05) is 53.0 Å². The Bertz CT molecular complexity index is 736. The zero-order valence-electron chi connectivity index (χ0n) is 9.85. The van der Waals surface area contributed by atoms with Gasteiger partial charge in [-0.25, -0.2) is 15.0 Å². The van der Waals surface area contributed by atoms with E-state index in [1.54, 1.807) is 12.3 Å². The molecule has 100 valence electrons. The van der Waals surface area contributed by atoms with Gasteiger partial charge in [0.15, 0.2) is 10.8 Å². The topological polar surface area (TPSA) is 38.7 Å². The summed E-state index contributed by atoms with van der Waals surface area (Å²) in [4.78, 5) is 12.6. The van der Waals surface area contributed by atoms with E-state index in [1.807, 2.05) is 23.6 Å². The van der Waals surface area contributed by atoms with Gasteiger partial charge in [-0.2, -0.15) is 0 Å². The van der Waals surface area contributed by atoms with Gasteiger partial charge in [0, 0.05) is 22.2 Å². The first-order valence-corrected chi connectivity index (χ1v) is 7.56. The second-order valence-corrected chi connectivity index (χ2v) is 5.84. The first kappa shape index (κ1) is 13.8. The molecule has 0 amide bonds. The van der Waals surface area contributed by atoms with Crippen molar-refractivity contribution < 1.29 is 0 Å². The van der Waals surface area contributed by atoms with Crippen LogP contribution in [0.1, 0.15) is 0 Å². The minimum Gasteiger partial charge on any atom is -0.241 e. The van der Waals surface area contributed by atoms with Gasteiger partial charge in [0.2, 0.25) is 0 Å². The van der Waals surface area contributed by atoms with Gasteiger partial charge in [-0.05, 0) is 6.07 Å². The second-order valence-electron chi connectivity index (χ2n) is 3.82. The Morgan fingerprint density at radius 1 is 0.950 bits per heavy atom. The van der Waals surface area contributed by atoms with Gasteiger partial charge in [-0.3, -0.25) is 0 Å². The van der Waals surface area contributed by atoms with Crippen LogP contribution >= 0.6 is 46.1 Å². The molecule has 0 bridgehead atoms. The van der Waals surface area contributed by atoms with E-state index in [9.17, 15) is 0 Å². The lowest BCUT2D eigenvalue weighted by Gasteiger charge is -2.08. The lowest BCUT2D eigenvalue weighted by atomic mass is 10.1. The first-order valence-electron chi connectivity index (χ1n) is 5.54. The normalized spacial score (nSPS) is 10.8. The van der Waals surface area contributed by atoms with Crippen LogP contribution in [0, 0.1) is 0 Å². The van der Waals surface area contributed by atoms with Gasteiger partial charge < -0.3 is 0 Å². The van der Waals surface area contributed by atoms with Crippen LogP contribution in [-0.2, 0) is 0 Å². The van der Waals surface area contributed by atoms with Crippen molar-refractivity contribution >= 4 is 46.1 Å². The molecule has 7 heteroatoms. The molecule has 3 aromatic rings. The van der Waals surface area contributed by atoms with Crippen LogP contribution in [0.15, 0.2) is 35.8 Å². The Labute approximate surface area is 134 Å². The molecule has 1 aromatic carbocycles. The van der Waals surface area contributed by atoms with Gasteiger partial charge in [0.25, 0.3) is 0 Å². The van der Waals surface area contributed by atoms with Crippen molar-refractivity contribution in [3.8, 4) is 22.0 Å². The molecule has 2 heterocycles. The van der Waals surface area contributed by atoms with E-state index in [0.29, 0.717) is 27.0 Å². The molecule has 20 heavy (non-hydrogen) atoms. The minimum absolute atomic E-state index is 0.253. The maximum Gasteiger partial charge on any atom is 0.191 e. The minimum atomic E-state index is 0.253. The molecule has 3 nitrogen and oxygen atoms in total. The van der Waals surface area contributed by atoms with Crippen molar-refractivity contribution in [2.75, 3.05) is 0 Å². The summed E-state index contributed by atoms with van der Waals surface area (Å²) < 4.78 is 0. The van der Waals surface area contributed by atoms with Gasteiger partial charge in [-0.15, -0.1) is 11.3 Å². The maximum atomic E-state index is 6.24. The molecular formula is C13H6Cl3N3S. The summed E-state index contributed by atoms with van der Waals surface area (Å²) in [7, 11) is 0. The van der Waals surface area contributed by atoms with E-state index in [2.05, 4.69) is 15.0 Å². The van der Waals surface area contributed by atoms with E-state index < -0.39 is 0 Å². The van der Waals surface area contributed by atoms with Crippen LogP contribution < -0.4 is 0 Å². The smallest absolute Gasteiger partial charge is 0.191 e. The van der Waals surface area contributed by atoms with Crippen molar-refractivity contribution in [2.24, 2.45) is 0 Å². The lowest BCUT2D eigenvalue weighted by Crippen LogP contribution is -1.94. The summed E-state index contributed by atoms with van der Waals surface area (Å²) in [5, 5.41) is 3.55. The summed E-state index contributed by atoms with van der Waals surface area (Å²) in [5.74, 6) is 0.408. The predicted molar refractivity (Wildman–Crippen MR) is 83.6 cm³/mol. The third-order valence-corrected chi connectivity index (χ3v) is 4.23. The highest BCUT2D eigenvalue weighted by Crippen LogP contribution is 2.37. The quantitative estimate of drug-likeness (QED) is 0.599. The molecule has 0 spiro atoms. The predicted octanol–water partition coefficient (Wildman–Crippen LogP) is 5.23. The maximum absolute atomic E-state index is 6.24. The van der Waals surface area contributed by atoms with Crippen LogP contribution in [0.5, 0.6) is 0 Å². The largest absolute Gasteiger partial charge is 0.241 e. The molecule has 0 unspecified atom stereocenters. The first-order chi connectivity index (χ1) is 9.66. The molecule has 0 aliphatic rings. The SMILES string of the molecule is Clc1ccccc1-c1c(Cl)nc(-c2nccs2)nc1Cl. The van der Waals surface area contributed by atoms with Crippen molar-refractivity contribution in [2.45, 2.75) is 0 Å². The number of hydrogen-bond acceptors (Lipinski definition) is 4. The highest BCUT2D eigenvalue weighted by Gasteiger charge is 2.17. The van der Waals surface area contributed by atoms with Crippen molar-refractivity contribution in [1.29, 1.82) is 0 Å². The summed E-state index contributed by atoms with van der Waals surface area (Å²) in [6.07, 6.45) is 1.67. The number of aromatic nitrogens is 3. The van der Waals surface area contributed by atoms with Gasteiger partial charge >= 0.3 is 0 Å². The van der Waals surface area contributed by atoms with E-state index in [4.69, 9.17) is 34.8 Å². The molecule has 0 atom stereocenters. The number of rotatable bonds is 2. The van der Waals surface area contributed by atoms with Crippen LogP contribution in [0.3, 0.4) is 0 Å². The number of nitrogens with zero attached hydrogens (tertiary/aromatic N) is 3. The second kappa shape index (κ2) is 5.66. The fraction of sp³-hybridized carbons (Fsp3) is 0. The molecule has 0 aliphatic carbocycles. The fourth-order valence-corrected chi connectivity index (χ4v) is 3.11. The monoisotopic (exact) mass is 341 g/mol. The molecule has 0 N–H and O–H groups in total. The fourth-order valence-electron chi connectivity index (χ4n) is 1.72. The van der Waals surface area contributed by atoms with Crippen molar-refractivity contribution in [3.05, 3.63) is 51.2 Å².